The average Bonchev–Trinajstić information content (AvgIpc) is 2.69. The summed E-state index contributed by atoms with van der Waals surface area (Å²) < 4.78 is 2.24. The molecule has 0 saturated heterocycles. The normalized spacial score (nSPS) is 25.2. The van der Waals surface area contributed by atoms with Gasteiger partial charge in [-0.15, -0.1) is 0 Å². The summed E-state index contributed by atoms with van der Waals surface area (Å²) in [6, 6.07) is 9.56. The van der Waals surface area contributed by atoms with Gasteiger partial charge in [-0.25, -0.2) is 0 Å². The summed E-state index contributed by atoms with van der Waals surface area (Å²) in [7, 11) is 2.08. The molecule has 1 fully saturated rings. The Balaban J connectivity index is 2.00. The number of fused-ring (bicyclic) bond motifs is 1. The Morgan fingerprint density at radius 3 is 2.89 bits per heavy atom. The second-order valence-corrected chi connectivity index (χ2v) is 5.25. The number of benzene rings is 1. The summed E-state index contributed by atoms with van der Waals surface area (Å²) in [5.74, 6) is 0. The number of rotatable bonds is 2. The molecule has 96 valence electrons. The van der Waals surface area contributed by atoms with Gasteiger partial charge in [0.25, 0.3) is 0 Å². The quantitative estimate of drug-likeness (QED) is 0.821. The fourth-order valence-corrected chi connectivity index (χ4v) is 3.17. The van der Waals surface area contributed by atoms with E-state index >= 15 is 0 Å². The average molecular weight is 243 g/mol. The third-order valence-electron chi connectivity index (χ3n) is 4.17. The molecule has 1 heterocycles. The van der Waals surface area contributed by atoms with Crippen LogP contribution >= 0.6 is 0 Å². The van der Waals surface area contributed by atoms with Gasteiger partial charge in [-0.3, -0.25) is 4.68 Å². The summed E-state index contributed by atoms with van der Waals surface area (Å²) in [6.45, 7) is 0. The van der Waals surface area contributed by atoms with Crippen LogP contribution in [0.2, 0.25) is 0 Å². The van der Waals surface area contributed by atoms with E-state index in [-0.39, 0.29) is 0 Å². The van der Waals surface area contributed by atoms with Crippen molar-refractivity contribution in [3.63, 3.8) is 0 Å². The van der Waals surface area contributed by atoms with Crippen LogP contribution in [0.25, 0.3) is 10.9 Å². The van der Waals surface area contributed by atoms with E-state index in [1.807, 2.05) is 6.20 Å². The Morgan fingerprint density at radius 2 is 2.00 bits per heavy atom. The van der Waals surface area contributed by atoms with E-state index in [1.165, 1.54) is 43.0 Å². The molecule has 1 N–H and O–H groups in total. The van der Waals surface area contributed by atoms with Crippen LogP contribution in [0.1, 0.15) is 38.1 Å². The van der Waals surface area contributed by atoms with Gasteiger partial charge in [-0.05, 0) is 26.0 Å². The maximum atomic E-state index is 4.64. The molecule has 0 amide bonds. The third kappa shape index (κ3) is 2.03. The summed E-state index contributed by atoms with van der Waals surface area (Å²) in [5, 5.41) is 9.37. The monoisotopic (exact) mass is 243 g/mol. The topological polar surface area (TPSA) is 29.9 Å². The molecular formula is C15H21N3. The van der Waals surface area contributed by atoms with Crippen molar-refractivity contribution in [2.45, 2.75) is 44.2 Å². The summed E-state index contributed by atoms with van der Waals surface area (Å²) in [5.41, 5.74) is 1.27. The van der Waals surface area contributed by atoms with Crippen LogP contribution in [0, 0.1) is 0 Å². The zero-order chi connectivity index (χ0) is 12.4. The van der Waals surface area contributed by atoms with E-state index in [4.69, 9.17) is 0 Å². The Bertz CT molecular complexity index is 517. The van der Waals surface area contributed by atoms with Gasteiger partial charge in [0.05, 0.1) is 17.8 Å². The van der Waals surface area contributed by atoms with Crippen molar-refractivity contribution in [1.82, 2.24) is 15.1 Å². The molecular weight excluding hydrogens is 222 g/mol. The highest BCUT2D eigenvalue weighted by Crippen LogP contribution is 2.29. The van der Waals surface area contributed by atoms with Gasteiger partial charge >= 0.3 is 0 Å². The first kappa shape index (κ1) is 11.7. The molecule has 3 heteroatoms. The maximum Gasteiger partial charge on any atom is 0.0686 e. The Labute approximate surface area is 108 Å². The maximum absolute atomic E-state index is 4.64. The standard InChI is InChI=1S/C15H21N3/c1-16-13-8-3-2-4-10-15(13)18-14-9-6-5-7-12(14)11-17-18/h5-7,9,11,13,15-16H,2-4,8,10H2,1H3. The highest BCUT2D eigenvalue weighted by atomic mass is 15.3. The van der Waals surface area contributed by atoms with Crippen molar-refractivity contribution in [2.75, 3.05) is 7.05 Å². The number of likely N-dealkylation sites (N-methyl/N-ethyl adjacent to an activating group) is 1. The minimum absolute atomic E-state index is 0.498. The Kier molecular flexibility index (Phi) is 3.33. The molecule has 18 heavy (non-hydrogen) atoms. The molecule has 2 atom stereocenters. The molecule has 0 radical (unpaired) electrons. The van der Waals surface area contributed by atoms with E-state index in [9.17, 15) is 0 Å². The molecule has 1 aliphatic carbocycles. The van der Waals surface area contributed by atoms with Crippen LogP contribution in [0.4, 0.5) is 0 Å². The fraction of sp³-hybridized carbons (Fsp3) is 0.533. The summed E-state index contributed by atoms with van der Waals surface area (Å²) in [4.78, 5) is 0. The van der Waals surface area contributed by atoms with Gasteiger partial charge in [0.2, 0.25) is 0 Å². The fourth-order valence-electron chi connectivity index (χ4n) is 3.17. The molecule has 0 bridgehead atoms. The van der Waals surface area contributed by atoms with E-state index in [1.54, 1.807) is 0 Å². The number of nitrogens with zero attached hydrogens (tertiary/aromatic N) is 2. The zero-order valence-electron chi connectivity index (χ0n) is 11.0. The molecule has 1 aliphatic rings. The van der Waals surface area contributed by atoms with Crippen molar-refractivity contribution in [3.05, 3.63) is 30.5 Å². The van der Waals surface area contributed by atoms with Crippen molar-refractivity contribution in [3.8, 4) is 0 Å². The van der Waals surface area contributed by atoms with Crippen LogP contribution in [0.5, 0.6) is 0 Å². The molecule has 3 rings (SSSR count). The van der Waals surface area contributed by atoms with Gasteiger partial charge in [-0.1, -0.05) is 37.5 Å². The minimum atomic E-state index is 0.498. The van der Waals surface area contributed by atoms with Gasteiger partial charge < -0.3 is 5.32 Å². The lowest BCUT2D eigenvalue weighted by Gasteiger charge is -2.25. The molecule has 3 nitrogen and oxygen atoms in total. The Hall–Kier alpha value is -1.35. The van der Waals surface area contributed by atoms with Gasteiger partial charge in [0, 0.05) is 11.4 Å². The van der Waals surface area contributed by atoms with Crippen LogP contribution in [-0.2, 0) is 0 Å². The third-order valence-corrected chi connectivity index (χ3v) is 4.17. The van der Waals surface area contributed by atoms with Crippen LogP contribution in [-0.4, -0.2) is 22.9 Å². The van der Waals surface area contributed by atoms with Crippen LogP contribution in [0.15, 0.2) is 30.5 Å². The smallest absolute Gasteiger partial charge is 0.0686 e. The van der Waals surface area contributed by atoms with Gasteiger partial charge in [0.15, 0.2) is 0 Å². The molecule has 2 unspecified atom stereocenters. The predicted octanol–water partition coefficient (Wildman–Crippen LogP) is 3.13. The highest BCUT2D eigenvalue weighted by molar-refractivity contribution is 5.78. The highest BCUT2D eigenvalue weighted by Gasteiger charge is 2.25. The van der Waals surface area contributed by atoms with Crippen LogP contribution in [0.3, 0.4) is 0 Å². The number of hydrogen-bond acceptors (Lipinski definition) is 2. The molecule has 0 spiro atoms. The van der Waals surface area contributed by atoms with Gasteiger partial charge in [-0.2, -0.15) is 5.10 Å². The first-order valence-corrected chi connectivity index (χ1v) is 6.99. The van der Waals surface area contributed by atoms with Crippen molar-refractivity contribution in [2.24, 2.45) is 0 Å². The SMILES string of the molecule is CNC1CCCCCC1n1ncc2ccccc21. The van der Waals surface area contributed by atoms with E-state index in [0.29, 0.717) is 12.1 Å². The Morgan fingerprint density at radius 1 is 1.17 bits per heavy atom. The second-order valence-electron chi connectivity index (χ2n) is 5.25. The molecule has 2 aromatic rings. The lowest BCUT2D eigenvalue weighted by Crippen LogP contribution is -2.34. The number of aromatic nitrogens is 2. The first-order chi connectivity index (χ1) is 8.90. The molecule has 1 saturated carbocycles. The van der Waals surface area contributed by atoms with E-state index in [0.717, 1.165) is 0 Å². The van der Waals surface area contributed by atoms with Crippen molar-refractivity contribution >= 4 is 10.9 Å². The van der Waals surface area contributed by atoms with E-state index in [2.05, 4.69) is 46.4 Å². The molecule has 0 aliphatic heterocycles. The largest absolute Gasteiger partial charge is 0.315 e. The van der Waals surface area contributed by atoms with E-state index < -0.39 is 0 Å². The van der Waals surface area contributed by atoms with Crippen molar-refractivity contribution < 1.29 is 0 Å². The zero-order valence-corrected chi connectivity index (χ0v) is 11.0. The lowest BCUT2D eigenvalue weighted by atomic mass is 10.0. The number of para-hydroxylation sites is 1. The number of hydrogen-bond donors (Lipinski definition) is 1. The minimum Gasteiger partial charge on any atom is -0.315 e. The summed E-state index contributed by atoms with van der Waals surface area (Å²) in [6.07, 6.45) is 8.49. The van der Waals surface area contributed by atoms with Crippen molar-refractivity contribution in [1.29, 1.82) is 0 Å². The van der Waals surface area contributed by atoms with Crippen LogP contribution < -0.4 is 5.32 Å². The first-order valence-electron chi connectivity index (χ1n) is 6.99. The lowest BCUT2D eigenvalue weighted by molar-refractivity contribution is 0.331. The molecule has 1 aromatic heterocycles. The summed E-state index contributed by atoms with van der Waals surface area (Å²) >= 11 is 0. The van der Waals surface area contributed by atoms with Gasteiger partial charge in [0.1, 0.15) is 0 Å². The second kappa shape index (κ2) is 5.11. The predicted molar refractivity (Wildman–Crippen MR) is 74.7 cm³/mol. The number of nitrogens with one attached hydrogen (secondary N) is 1. The molecule has 1 aromatic carbocycles.